The van der Waals surface area contributed by atoms with Crippen LogP contribution in [0.5, 0.6) is 5.75 Å². The summed E-state index contributed by atoms with van der Waals surface area (Å²) in [5.74, 6) is 0.538. The van der Waals surface area contributed by atoms with Crippen molar-refractivity contribution >= 4 is 17.5 Å². The van der Waals surface area contributed by atoms with E-state index in [0.29, 0.717) is 23.9 Å². The summed E-state index contributed by atoms with van der Waals surface area (Å²) in [6.07, 6.45) is 0.911. The van der Waals surface area contributed by atoms with Gasteiger partial charge in [-0.3, -0.25) is 4.79 Å². The van der Waals surface area contributed by atoms with Crippen LogP contribution in [0.4, 0.5) is 0 Å². The zero-order chi connectivity index (χ0) is 14.1. The summed E-state index contributed by atoms with van der Waals surface area (Å²) in [5.41, 5.74) is 0.884. The predicted octanol–water partition coefficient (Wildman–Crippen LogP) is 2.35. The van der Waals surface area contributed by atoms with Crippen LogP contribution in [0.1, 0.15) is 25.8 Å². The van der Waals surface area contributed by atoms with Crippen molar-refractivity contribution in [2.75, 3.05) is 19.7 Å². The second-order valence-electron chi connectivity index (χ2n) is 4.14. The Kier molecular flexibility index (Phi) is 7.30. The first-order valence-electron chi connectivity index (χ1n) is 6.56. The van der Waals surface area contributed by atoms with Crippen LogP contribution >= 0.6 is 11.6 Å². The van der Waals surface area contributed by atoms with Crippen molar-refractivity contribution in [1.29, 1.82) is 0 Å². The molecule has 1 aromatic carbocycles. The highest BCUT2D eigenvalue weighted by Gasteiger charge is 2.09. The lowest BCUT2D eigenvalue weighted by Gasteiger charge is -2.13. The van der Waals surface area contributed by atoms with Crippen LogP contribution in [0.15, 0.2) is 18.2 Å². The van der Waals surface area contributed by atoms with Gasteiger partial charge in [0.1, 0.15) is 5.75 Å². The van der Waals surface area contributed by atoms with Gasteiger partial charge in [0.05, 0.1) is 0 Å². The number of carbonyl (C=O) groups is 1. The normalized spacial score (nSPS) is 10.3. The van der Waals surface area contributed by atoms with Gasteiger partial charge in [0.25, 0.3) is 5.91 Å². The minimum atomic E-state index is -0.115. The van der Waals surface area contributed by atoms with Crippen LogP contribution in [0, 0.1) is 0 Å². The molecule has 0 fully saturated rings. The Morgan fingerprint density at radius 2 is 2.16 bits per heavy atom. The van der Waals surface area contributed by atoms with Gasteiger partial charge in [-0.1, -0.05) is 31.5 Å². The Bertz CT molecular complexity index is 410. The SMILES string of the molecule is CCCNC(=O)COc1cccc(Cl)c1CNCC. The monoisotopic (exact) mass is 284 g/mol. The van der Waals surface area contributed by atoms with E-state index in [9.17, 15) is 4.79 Å². The molecule has 19 heavy (non-hydrogen) atoms. The van der Waals surface area contributed by atoms with Crippen molar-refractivity contribution in [2.45, 2.75) is 26.8 Å². The van der Waals surface area contributed by atoms with E-state index in [0.717, 1.165) is 18.5 Å². The second kappa shape index (κ2) is 8.77. The number of nitrogens with one attached hydrogen (secondary N) is 2. The van der Waals surface area contributed by atoms with Crippen molar-refractivity contribution in [3.05, 3.63) is 28.8 Å². The molecule has 0 saturated heterocycles. The standard InChI is InChI=1S/C14H21ClN2O2/c1-3-8-17-14(18)10-19-13-7-5-6-12(15)11(13)9-16-4-2/h5-7,16H,3-4,8-10H2,1-2H3,(H,17,18). The average molecular weight is 285 g/mol. The average Bonchev–Trinajstić information content (AvgIpc) is 2.41. The first kappa shape index (κ1) is 15.8. The Hall–Kier alpha value is -1.26. The lowest BCUT2D eigenvalue weighted by Crippen LogP contribution is -2.29. The third-order valence-corrected chi connectivity index (χ3v) is 2.91. The molecule has 0 radical (unpaired) electrons. The van der Waals surface area contributed by atoms with Gasteiger partial charge < -0.3 is 15.4 Å². The molecule has 0 saturated carbocycles. The van der Waals surface area contributed by atoms with Crippen LogP contribution in [0.3, 0.4) is 0 Å². The molecule has 0 aliphatic carbocycles. The largest absolute Gasteiger partial charge is 0.483 e. The van der Waals surface area contributed by atoms with E-state index in [1.54, 1.807) is 0 Å². The van der Waals surface area contributed by atoms with E-state index in [1.807, 2.05) is 32.0 Å². The number of halogens is 1. The number of rotatable bonds is 8. The highest BCUT2D eigenvalue weighted by molar-refractivity contribution is 6.31. The van der Waals surface area contributed by atoms with Gasteiger partial charge in [-0.15, -0.1) is 0 Å². The molecule has 1 amide bonds. The zero-order valence-corrected chi connectivity index (χ0v) is 12.2. The molecule has 0 aliphatic heterocycles. The molecular formula is C14H21ClN2O2. The summed E-state index contributed by atoms with van der Waals surface area (Å²) in [4.78, 5) is 11.5. The zero-order valence-electron chi connectivity index (χ0n) is 11.5. The van der Waals surface area contributed by atoms with Crippen molar-refractivity contribution in [3.63, 3.8) is 0 Å². The highest BCUT2D eigenvalue weighted by atomic mass is 35.5. The Morgan fingerprint density at radius 3 is 2.84 bits per heavy atom. The maximum Gasteiger partial charge on any atom is 0.257 e. The predicted molar refractivity (Wildman–Crippen MR) is 77.6 cm³/mol. The summed E-state index contributed by atoms with van der Waals surface area (Å²) >= 11 is 6.14. The van der Waals surface area contributed by atoms with Crippen LogP contribution in [-0.2, 0) is 11.3 Å². The fourth-order valence-corrected chi connectivity index (χ4v) is 1.79. The van der Waals surface area contributed by atoms with Gasteiger partial charge in [-0.2, -0.15) is 0 Å². The lowest BCUT2D eigenvalue weighted by molar-refractivity contribution is -0.123. The van der Waals surface area contributed by atoms with Crippen molar-refractivity contribution in [3.8, 4) is 5.75 Å². The molecule has 0 atom stereocenters. The Morgan fingerprint density at radius 1 is 1.37 bits per heavy atom. The van der Waals surface area contributed by atoms with E-state index in [1.165, 1.54) is 0 Å². The van der Waals surface area contributed by atoms with Gasteiger partial charge in [0.15, 0.2) is 6.61 Å². The van der Waals surface area contributed by atoms with Gasteiger partial charge in [0, 0.05) is 23.7 Å². The van der Waals surface area contributed by atoms with E-state index in [2.05, 4.69) is 10.6 Å². The number of amides is 1. The maximum atomic E-state index is 11.5. The molecule has 1 rings (SSSR count). The quantitative estimate of drug-likeness (QED) is 0.770. The smallest absolute Gasteiger partial charge is 0.257 e. The maximum absolute atomic E-state index is 11.5. The number of carbonyl (C=O) groups excluding carboxylic acids is 1. The summed E-state index contributed by atoms with van der Waals surface area (Å²) in [6.45, 7) is 6.19. The Balaban J connectivity index is 2.61. The minimum Gasteiger partial charge on any atom is -0.483 e. The summed E-state index contributed by atoms with van der Waals surface area (Å²) in [5, 5.41) is 6.62. The molecule has 0 aromatic heterocycles. The molecule has 5 heteroatoms. The third-order valence-electron chi connectivity index (χ3n) is 2.56. The summed E-state index contributed by atoms with van der Waals surface area (Å²) in [7, 11) is 0. The second-order valence-corrected chi connectivity index (χ2v) is 4.54. The molecule has 1 aromatic rings. The van der Waals surface area contributed by atoms with E-state index in [-0.39, 0.29) is 12.5 Å². The van der Waals surface area contributed by atoms with E-state index < -0.39 is 0 Å². The molecule has 0 spiro atoms. The lowest BCUT2D eigenvalue weighted by atomic mass is 10.2. The van der Waals surface area contributed by atoms with Crippen molar-refractivity contribution in [1.82, 2.24) is 10.6 Å². The molecule has 0 heterocycles. The summed E-state index contributed by atoms with van der Waals surface area (Å²) < 4.78 is 5.54. The molecule has 4 nitrogen and oxygen atoms in total. The van der Waals surface area contributed by atoms with Crippen LogP contribution < -0.4 is 15.4 Å². The van der Waals surface area contributed by atoms with Gasteiger partial charge in [-0.25, -0.2) is 0 Å². The Labute approximate surface area is 119 Å². The number of hydrogen-bond donors (Lipinski definition) is 2. The molecule has 2 N–H and O–H groups in total. The van der Waals surface area contributed by atoms with Crippen LogP contribution in [0.25, 0.3) is 0 Å². The number of ether oxygens (including phenoxy) is 1. The molecule has 106 valence electrons. The van der Waals surface area contributed by atoms with Crippen molar-refractivity contribution < 1.29 is 9.53 Å². The van der Waals surface area contributed by atoms with Gasteiger partial charge in [-0.05, 0) is 25.1 Å². The number of benzene rings is 1. The topological polar surface area (TPSA) is 50.4 Å². The van der Waals surface area contributed by atoms with E-state index >= 15 is 0 Å². The first-order chi connectivity index (χ1) is 9.19. The third kappa shape index (κ3) is 5.49. The molecular weight excluding hydrogens is 264 g/mol. The van der Waals surface area contributed by atoms with Gasteiger partial charge >= 0.3 is 0 Å². The van der Waals surface area contributed by atoms with E-state index in [4.69, 9.17) is 16.3 Å². The molecule has 0 aliphatic rings. The summed E-state index contributed by atoms with van der Waals surface area (Å²) in [6, 6.07) is 5.46. The molecule has 0 bridgehead atoms. The van der Waals surface area contributed by atoms with Crippen LogP contribution in [0.2, 0.25) is 5.02 Å². The van der Waals surface area contributed by atoms with Crippen molar-refractivity contribution in [2.24, 2.45) is 0 Å². The fraction of sp³-hybridized carbons (Fsp3) is 0.500. The minimum absolute atomic E-state index is 0.0134. The number of hydrogen-bond acceptors (Lipinski definition) is 3. The molecule has 0 unspecified atom stereocenters. The van der Waals surface area contributed by atoms with Gasteiger partial charge in [0.2, 0.25) is 0 Å². The van der Waals surface area contributed by atoms with Crippen LogP contribution in [-0.4, -0.2) is 25.6 Å². The first-order valence-corrected chi connectivity index (χ1v) is 6.94. The highest BCUT2D eigenvalue weighted by Crippen LogP contribution is 2.26. The fourth-order valence-electron chi connectivity index (χ4n) is 1.55.